The van der Waals surface area contributed by atoms with Gasteiger partial charge in [-0.2, -0.15) is 0 Å². The van der Waals surface area contributed by atoms with E-state index in [1.165, 1.54) is 0 Å². The molecule has 0 saturated carbocycles. The van der Waals surface area contributed by atoms with E-state index in [1.807, 2.05) is 31.2 Å². The van der Waals surface area contributed by atoms with E-state index in [9.17, 15) is 9.59 Å². The lowest BCUT2D eigenvalue weighted by Crippen LogP contribution is -2.49. The molecule has 5 heteroatoms. The number of carbonyl (C=O) groups is 2. The van der Waals surface area contributed by atoms with Gasteiger partial charge in [-0.15, -0.1) is 0 Å². The average Bonchev–Trinajstić information content (AvgIpc) is 2.55. The molecule has 1 N–H and O–H groups in total. The third-order valence-electron chi connectivity index (χ3n) is 4.16. The maximum absolute atomic E-state index is 12.2. The van der Waals surface area contributed by atoms with Crippen LogP contribution >= 0.6 is 0 Å². The van der Waals surface area contributed by atoms with Crippen LogP contribution in [0.3, 0.4) is 0 Å². The molecule has 0 atom stereocenters. The Hall–Kier alpha value is -1.88. The summed E-state index contributed by atoms with van der Waals surface area (Å²) in [6.07, 6.45) is 0.771. The van der Waals surface area contributed by atoms with Gasteiger partial charge in [-0.3, -0.25) is 9.59 Å². The fraction of sp³-hybridized carbons (Fsp3) is 0.529. The van der Waals surface area contributed by atoms with Gasteiger partial charge in [0.25, 0.3) is 0 Å². The molecule has 0 spiro atoms. The summed E-state index contributed by atoms with van der Waals surface area (Å²) < 4.78 is 0. The quantitative estimate of drug-likeness (QED) is 0.843. The van der Waals surface area contributed by atoms with Crippen molar-refractivity contribution in [3.63, 3.8) is 0 Å². The number of anilines is 1. The second-order valence-corrected chi connectivity index (χ2v) is 5.55. The topological polar surface area (TPSA) is 52.7 Å². The molecule has 0 radical (unpaired) electrons. The van der Waals surface area contributed by atoms with E-state index in [0.717, 1.165) is 37.3 Å². The van der Waals surface area contributed by atoms with Gasteiger partial charge >= 0.3 is 0 Å². The van der Waals surface area contributed by atoms with Gasteiger partial charge < -0.3 is 15.1 Å². The molecule has 0 aliphatic carbocycles. The number of benzene rings is 1. The SMILES string of the molecule is CCc1ccccc1NC(=O)CC(=O)N1CCN(CC)CC1. The van der Waals surface area contributed by atoms with Gasteiger partial charge in [-0.1, -0.05) is 32.0 Å². The van der Waals surface area contributed by atoms with E-state index in [4.69, 9.17) is 0 Å². The van der Waals surface area contributed by atoms with Crippen molar-refractivity contribution in [2.45, 2.75) is 26.7 Å². The van der Waals surface area contributed by atoms with Crippen molar-refractivity contribution in [3.8, 4) is 0 Å². The summed E-state index contributed by atoms with van der Waals surface area (Å²) in [4.78, 5) is 28.4. The maximum Gasteiger partial charge on any atom is 0.233 e. The molecule has 1 fully saturated rings. The fourth-order valence-electron chi connectivity index (χ4n) is 2.71. The highest BCUT2D eigenvalue weighted by molar-refractivity contribution is 6.03. The van der Waals surface area contributed by atoms with E-state index in [-0.39, 0.29) is 18.2 Å². The van der Waals surface area contributed by atoms with Crippen LogP contribution in [0.15, 0.2) is 24.3 Å². The van der Waals surface area contributed by atoms with E-state index < -0.39 is 0 Å². The van der Waals surface area contributed by atoms with Crippen LogP contribution in [0.2, 0.25) is 0 Å². The first-order valence-electron chi connectivity index (χ1n) is 8.02. The number of likely N-dealkylation sites (N-methyl/N-ethyl adjacent to an activating group) is 1. The van der Waals surface area contributed by atoms with E-state index in [2.05, 4.69) is 17.1 Å². The van der Waals surface area contributed by atoms with Crippen molar-refractivity contribution in [3.05, 3.63) is 29.8 Å². The van der Waals surface area contributed by atoms with Crippen molar-refractivity contribution < 1.29 is 9.59 Å². The Morgan fingerprint density at radius 3 is 2.41 bits per heavy atom. The highest BCUT2D eigenvalue weighted by atomic mass is 16.2. The van der Waals surface area contributed by atoms with Crippen molar-refractivity contribution in [2.24, 2.45) is 0 Å². The first kappa shape index (κ1) is 16.5. The molecule has 1 heterocycles. The van der Waals surface area contributed by atoms with Crippen LogP contribution in [0.1, 0.15) is 25.8 Å². The molecule has 120 valence electrons. The smallest absolute Gasteiger partial charge is 0.233 e. The summed E-state index contributed by atoms with van der Waals surface area (Å²) in [5, 5.41) is 2.85. The number of para-hydroxylation sites is 1. The summed E-state index contributed by atoms with van der Waals surface area (Å²) in [7, 11) is 0. The summed E-state index contributed by atoms with van der Waals surface area (Å²) in [5.41, 5.74) is 1.89. The Balaban J connectivity index is 1.85. The van der Waals surface area contributed by atoms with Crippen molar-refractivity contribution in [2.75, 3.05) is 38.0 Å². The predicted molar refractivity (Wildman–Crippen MR) is 87.8 cm³/mol. The first-order valence-corrected chi connectivity index (χ1v) is 8.02. The first-order chi connectivity index (χ1) is 10.6. The third kappa shape index (κ3) is 4.31. The minimum atomic E-state index is -0.233. The van der Waals surface area contributed by atoms with E-state index in [0.29, 0.717) is 13.1 Å². The minimum Gasteiger partial charge on any atom is -0.340 e. The molecule has 1 saturated heterocycles. The summed E-state index contributed by atoms with van der Waals surface area (Å²) >= 11 is 0. The molecule has 1 aliphatic rings. The van der Waals surface area contributed by atoms with Gasteiger partial charge in [0.15, 0.2) is 0 Å². The Morgan fingerprint density at radius 2 is 1.77 bits per heavy atom. The molecule has 0 unspecified atom stereocenters. The number of nitrogens with zero attached hydrogens (tertiary/aromatic N) is 2. The second kappa shape index (κ2) is 7.94. The van der Waals surface area contributed by atoms with Crippen LogP contribution in [0, 0.1) is 0 Å². The van der Waals surface area contributed by atoms with Crippen LogP contribution < -0.4 is 5.32 Å². The number of piperazine rings is 1. The van der Waals surface area contributed by atoms with E-state index >= 15 is 0 Å². The normalized spacial score (nSPS) is 15.6. The van der Waals surface area contributed by atoms with Gasteiger partial charge in [0, 0.05) is 31.9 Å². The van der Waals surface area contributed by atoms with Gasteiger partial charge in [0.2, 0.25) is 11.8 Å². The average molecular weight is 303 g/mol. The number of carbonyl (C=O) groups excluding carboxylic acids is 2. The number of aryl methyl sites for hydroxylation is 1. The fourth-order valence-corrected chi connectivity index (χ4v) is 2.71. The standard InChI is InChI=1S/C17H25N3O2/c1-3-14-7-5-6-8-15(14)18-16(21)13-17(22)20-11-9-19(4-2)10-12-20/h5-8H,3-4,9-13H2,1-2H3,(H,18,21). The molecule has 5 nitrogen and oxygen atoms in total. The number of rotatable bonds is 5. The zero-order valence-corrected chi connectivity index (χ0v) is 13.5. The Bertz CT molecular complexity index is 522. The van der Waals surface area contributed by atoms with Crippen LogP contribution in [-0.4, -0.2) is 54.3 Å². The third-order valence-corrected chi connectivity index (χ3v) is 4.16. The van der Waals surface area contributed by atoms with Crippen molar-refractivity contribution >= 4 is 17.5 Å². The largest absolute Gasteiger partial charge is 0.340 e. The Kier molecular flexibility index (Phi) is 5.95. The molecular formula is C17H25N3O2. The molecule has 2 amide bonds. The Morgan fingerprint density at radius 1 is 1.09 bits per heavy atom. The van der Waals surface area contributed by atoms with Crippen LogP contribution in [0.25, 0.3) is 0 Å². The summed E-state index contributed by atoms with van der Waals surface area (Å²) in [6.45, 7) is 8.39. The molecule has 1 aliphatic heterocycles. The zero-order chi connectivity index (χ0) is 15.9. The summed E-state index contributed by atoms with van der Waals surface area (Å²) in [5.74, 6) is -0.314. The van der Waals surface area contributed by atoms with Crippen molar-refractivity contribution in [1.29, 1.82) is 0 Å². The number of nitrogens with one attached hydrogen (secondary N) is 1. The Labute approximate surface area is 132 Å². The molecular weight excluding hydrogens is 278 g/mol. The van der Waals surface area contributed by atoms with Crippen molar-refractivity contribution in [1.82, 2.24) is 9.80 Å². The number of hydrogen-bond acceptors (Lipinski definition) is 3. The number of hydrogen-bond donors (Lipinski definition) is 1. The van der Waals surface area contributed by atoms with Crippen LogP contribution in [0.4, 0.5) is 5.69 Å². The molecule has 22 heavy (non-hydrogen) atoms. The van der Waals surface area contributed by atoms with E-state index in [1.54, 1.807) is 4.90 Å². The van der Waals surface area contributed by atoms with Gasteiger partial charge in [0.1, 0.15) is 6.42 Å². The highest BCUT2D eigenvalue weighted by Gasteiger charge is 2.22. The second-order valence-electron chi connectivity index (χ2n) is 5.55. The predicted octanol–water partition coefficient (Wildman–Crippen LogP) is 1.74. The van der Waals surface area contributed by atoms with Gasteiger partial charge in [-0.05, 0) is 24.6 Å². The minimum absolute atomic E-state index is 0.0792. The van der Waals surface area contributed by atoms with Gasteiger partial charge in [-0.25, -0.2) is 0 Å². The summed E-state index contributed by atoms with van der Waals surface area (Å²) in [6, 6.07) is 7.70. The lowest BCUT2D eigenvalue weighted by molar-refractivity contribution is -0.136. The molecule has 0 aromatic heterocycles. The zero-order valence-electron chi connectivity index (χ0n) is 13.5. The molecule has 1 aromatic carbocycles. The number of amides is 2. The van der Waals surface area contributed by atoms with Crippen LogP contribution in [-0.2, 0) is 16.0 Å². The monoisotopic (exact) mass is 303 g/mol. The lowest BCUT2D eigenvalue weighted by Gasteiger charge is -2.34. The highest BCUT2D eigenvalue weighted by Crippen LogP contribution is 2.15. The van der Waals surface area contributed by atoms with Crippen LogP contribution in [0.5, 0.6) is 0 Å². The maximum atomic E-state index is 12.2. The van der Waals surface area contributed by atoms with Gasteiger partial charge in [0.05, 0.1) is 0 Å². The molecule has 2 rings (SSSR count). The molecule has 1 aromatic rings. The lowest BCUT2D eigenvalue weighted by atomic mass is 10.1. The molecule has 0 bridgehead atoms.